The number of hydrogen-bond acceptors (Lipinski definition) is 2. The van der Waals surface area contributed by atoms with E-state index in [4.69, 9.17) is 16.3 Å². The standard InChI is InChI=1S/C11H11ClF2O2/c1-16-6-8-9(12)5-7(3-2-4-15)10(13)11(8)14/h4-5H,2-3,6H2,1H3. The number of benzene rings is 1. The molecule has 0 radical (unpaired) electrons. The molecular weight excluding hydrogens is 238 g/mol. The summed E-state index contributed by atoms with van der Waals surface area (Å²) in [7, 11) is 1.37. The minimum absolute atomic E-state index is 0.00322. The van der Waals surface area contributed by atoms with Crippen molar-refractivity contribution >= 4 is 17.9 Å². The molecule has 0 saturated heterocycles. The van der Waals surface area contributed by atoms with E-state index in [1.54, 1.807) is 0 Å². The van der Waals surface area contributed by atoms with Crippen LogP contribution >= 0.6 is 11.6 Å². The van der Waals surface area contributed by atoms with E-state index in [9.17, 15) is 13.6 Å². The average molecular weight is 249 g/mol. The maximum atomic E-state index is 13.5. The second-order valence-electron chi connectivity index (χ2n) is 3.26. The van der Waals surface area contributed by atoms with Gasteiger partial charge in [0.25, 0.3) is 0 Å². The Kier molecular flexibility index (Phi) is 4.83. The van der Waals surface area contributed by atoms with Gasteiger partial charge in [0.1, 0.15) is 6.29 Å². The molecule has 16 heavy (non-hydrogen) atoms. The van der Waals surface area contributed by atoms with Gasteiger partial charge < -0.3 is 9.53 Å². The Morgan fingerprint density at radius 1 is 1.44 bits per heavy atom. The van der Waals surface area contributed by atoms with Gasteiger partial charge in [-0.25, -0.2) is 8.78 Å². The van der Waals surface area contributed by atoms with E-state index < -0.39 is 11.6 Å². The predicted molar refractivity (Wildman–Crippen MR) is 56.5 cm³/mol. The first-order valence-electron chi connectivity index (χ1n) is 4.69. The molecule has 0 unspecified atom stereocenters. The van der Waals surface area contributed by atoms with Gasteiger partial charge in [-0.3, -0.25) is 0 Å². The highest BCUT2D eigenvalue weighted by Crippen LogP contribution is 2.26. The molecule has 0 aliphatic carbocycles. The van der Waals surface area contributed by atoms with Crippen LogP contribution in [0.1, 0.15) is 17.5 Å². The molecule has 5 heteroatoms. The van der Waals surface area contributed by atoms with E-state index >= 15 is 0 Å². The van der Waals surface area contributed by atoms with Gasteiger partial charge in [0, 0.05) is 24.1 Å². The zero-order chi connectivity index (χ0) is 12.1. The number of hydrogen-bond donors (Lipinski definition) is 0. The number of ether oxygens (including phenoxy) is 1. The number of carbonyl (C=O) groups is 1. The van der Waals surface area contributed by atoms with Crippen molar-refractivity contribution in [2.45, 2.75) is 19.4 Å². The smallest absolute Gasteiger partial charge is 0.166 e. The molecule has 0 amide bonds. The van der Waals surface area contributed by atoms with E-state index in [0.717, 1.165) is 0 Å². The van der Waals surface area contributed by atoms with Crippen molar-refractivity contribution in [3.63, 3.8) is 0 Å². The maximum absolute atomic E-state index is 13.5. The largest absolute Gasteiger partial charge is 0.380 e. The van der Waals surface area contributed by atoms with Crippen molar-refractivity contribution in [3.05, 3.63) is 33.9 Å². The van der Waals surface area contributed by atoms with E-state index in [-0.39, 0.29) is 35.6 Å². The van der Waals surface area contributed by atoms with Gasteiger partial charge in [0.05, 0.1) is 6.61 Å². The second kappa shape index (κ2) is 5.92. The number of rotatable bonds is 5. The second-order valence-corrected chi connectivity index (χ2v) is 3.67. The number of carbonyl (C=O) groups excluding carboxylic acids is 1. The van der Waals surface area contributed by atoms with Gasteiger partial charge >= 0.3 is 0 Å². The SMILES string of the molecule is COCc1c(Cl)cc(CCC=O)c(F)c1F. The summed E-state index contributed by atoms with van der Waals surface area (Å²) >= 11 is 5.79. The predicted octanol–water partition coefficient (Wildman–Crippen LogP) is 2.90. The third-order valence-electron chi connectivity index (χ3n) is 2.15. The van der Waals surface area contributed by atoms with Gasteiger partial charge in [-0.2, -0.15) is 0 Å². The molecule has 0 bridgehead atoms. The fourth-order valence-electron chi connectivity index (χ4n) is 1.35. The number of methoxy groups -OCH3 is 1. The first kappa shape index (κ1) is 13.1. The van der Waals surface area contributed by atoms with Gasteiger partial charge in [-0.05, 0) is 18.1 Å². The van der Waals surface area contributed by atoms with Crippen molar-refractivity contribution in [2.75, 3.05) is 7.11 Å². The molecule has 1 aromatic carbocycles. The highest BCUT2D eigenvalue weighted by Gasteiger charge is 2.17. The summed E-state index contributed by atoms with van der Waals surface area (Å²) < 4.78 is 31.7. The third-order valence-corrected chi connectivity index (χ3v) is 2.49. The molecule has 1 rings (SSSR count). The third kappa shape index (κ3) is 2.77. The first-order valence-corrected chi connectivity index (χ1v) is 5.07. The highest BCUT2D eigenvalue weighted by atomic mass is 35.5. The summed E-state index contributed by atoms with van der Waals surface area (Å²) in [6, 6.07) is 1.33. The van der Waals surface area contributed by atoms with E-state index in [1.165, 1.54) is 13.2 Å². The van der Waals surface area contributed by atoms with Crippen LogP contribution in [0.5, 0.6) is 0 Å². The Labute approximate surface area is 97.2 Å². The minimum atomic E-state index is -1.00. The van der Waals surface area contributed by atoms with E-state index in [1.807, 2.05) is 0 Å². The summed E-state index contributed by atoms with van der Waals surface area (Å²) in [5.74, 6) is -1.96. The first-order chi connectivity index (χ1) is 7.61. The van der Waals surface area contributed by atoms with Crippen molar-refractivity contribution < 1.29 is 18.3 Å². The van der Waals surface area contributed by atoms with Gasteiger partial charge in [0.2, 0.25) is 0 Å². The van der Waals surface area contributed by atoms with Gasteiger partial charge in [-0.1, -0.05) is 11.6 Å². The lowest BCUT2D eigenvalue weighted by atomic mass is 10.1. The number of aryl methyl sites for hydroxylation is 1. The summed E-state index contributed by atoms with van der Waals surface area (Å²) in [5.41, 5.74) is 0.103. The molecule has 0 aromatic heterocycles. The lowest BCUT2D eigenvalue weighted by molar-refractivity contribution is -0.107. The van der Waals surface area contributed by atoms with Crippen LogP contribution in [-0.4, -0.2) is 13.4 Å². The van der Waals surface area contributed by atoms with Crippen molar-refractivity contribution in [1.82, 2.24) is 0 Å². The lowest BCUT2D eigenvalue weighted by Gasteiger charge is -2.09. The average Bonchev–Trinajstić information content (AvgIpc) is 2.27. The quantitative estimate of drug-likeness (QED) is 0.592. The Morgan fingerprint density at radius 2 is 2.12 bits per heavy atom. The number of aldehydes is 1. The normalized spacial score (nSPS) is 10.5. The molecular formula is C11H11ClF2O2. The van der Waals surface area contributed by atoms with Crippen LogP contribution < -0.4 is 0 Å². The molecule has 0 aliphatic heterocycles. The number of halogens is 3. The molecule has 0 heterocycles. The van der Waals surface area contributed by atoms with Crippen molar-refractivity contribution in [3.8, 4) is 0 Å². The molecule has 1 aromatic rings. The molecule has 0 fully saturated rings. The summed E-state index contributed by atoms with van der Waals surface area (Å²) in [4.78, 5) is 10.2. The van der Waals surface area contributed by atoms with E-state index in [2.05, 4.69) is 0 Å². The van der Waals surface area contributed by atoms with Crippen LogP contribution in [0, 0.1) is 11.6 Å². The molecule has 0 saturated carbocycles. The summed E-state index contributed by atoms with van der Waals surface area (Å²) in [5, 5.41) is 0.113. The summed E-state index contributed by atoms with van der Waals surface area (Å²) in [6.07, 6.45) is 0.920. The molecule has 88 valence electrons. The fraction of sp³-hybridized carbons (Fsp3) is 0.364. The topological polar surface area (TPSA) is 26.3 Å². The molecule has 0 atom stereocenters. The van der Waals surface area contributed by atoms with Gasteiger partial charge in [0.15, 0.2) is 11.6 Å². The van der Waals surface area contributed by atoms with E-state index in [0.29, 0.717) is 6.29 Å². The monoisotopic (exact) mass is 248 g/mol. The summed E-state index contributed by atoms with van der Waals surface area (Å²) in [6.45, 7) is -0.0878. The zero-order valence-electron chi connectivity index (χ0n) is 8.73. The van der Waals surface area contributed by atoms with Crippen LogP contribution in [0.4, 0.5) is 8.78 Å². The van der Waals surface area contributed by atoms with Crippen molar-refractivity contribution in [2.24, 2.45) is 0 Å². The molecule has 0 N–H and O–H groups in total. The van der Waals surface area contributed by atoms with Crippen LogP contribution in [0.3, 0.4) is 0 Å². The minimum Gasteiger partial charge on any atom is -0.380 e. The Hall–Kier alpha value is -1.00. The Bertz CT molecular complexity index is 394. The van der Waals surface area contributed by atoms with Crippen LogP contribution in [0.15, 0.2) is 6.07 Å². The van der Waals surface area contributed by atoms with Crippen LogP contribution in [0.2, 0.25) is 5.02 Å². The van der Waals surface area contributed by atoms with Crippen LogP contribution in [-0.2, 0) is 22.6 Å². The molecule has 2 nitrogen and oxygen atoms in total. The van der Waals surface area contributed by atoms with Gasteiger partial charge in [-0.15, -0.1) is 0 Å². The molecule has 0 spiro atoms. The highest BCUT2D eigenvalue weighted by molar-refractivity contribution is 6.31. The zero-order valence-corrected chi connectivity index (χ0v) is 9.48. The Morgan fingerprint density at radius 3 is 2.69 bits per heavy atom. The van der Waals surface area contributed by atoms with Crippen molar-refractivity contribution in [1.29, 1.82) is 0 Å². The molecule has 0 aliphatic rings. The fourth-order valence-corrected chi connectivity index (χ4v) is 1.62. The maximum Gasteiger partial charge on any atom is 0.166 e. The van der Waals surface area contributed by atoms with Crippen LogP contribution in [0.25, 0.3) is 0 Å². The lowest BCUT2D eigenvalue weighted by Crippen LogP contribution is -2.02. The Balaban J connectivity index is 3.11.